The molecule has 2 aromatic rings. The molecule has 2 aromatic carbocycles. The first-order valence-corrected chi connectivity index (χ1v) is 7.69. The van der Waals surface area contributed by atoms with Crippen LogP contribution < -0.4 is 0 Å². The normalized spacial score (nSPS) is 19.8. The molecule has 0 unspecified atom stereocenters. The molecule has 1 aliphatic rings. The van der Waals surface area contributed by atoms with Gasteiger partial charge in [-0.25, -0.2) is 4.99 Å². The summed E-state index contributed by atoms with van der Waals surface area (Å²) in [6.45, 7) is 0. The fourth-order valence-corrected chi connectivity index (χ4v) is 2.69. The molecule has 4 nitrogen and oxygen atoms in total. The van der Waals surface area contributed by atoms with Crippen molar-refractivity contribution in [2.45, 2.75) is 25.0 Å². The Morgan fingerprint density at radius 2 is 1.74 bits per heavy atom. The second-order valence-corrected chi connectivity index (χ2v) is 5.43. The van der Waals surface area contributed by atoms with Gasteiger partial charge in [0.25, 0.3) is 0 Å². The first-order chi connectivity index (χ1) is 11.3. The lowest BCUT2D eigenvalue weighted by Crippen LogP contribution is -2.19. The number of methoxy groups -OCH3 is 1. The van der Waals surface area contributed by atoms with Crippen LogP contribution in [0.25, 0.3) is 0 Å². The molecular formula is C19H19NO3. The Morgan fingerprint density at radius 1 is 1.09 bits per heavy atom. The third-order valence-electron chi connectivity index (χ3n) is 3.89. The van der Waals surface area contributed by atoms with Gasteiger partial charge in [-0.15, -0.1) is 0 Å². The van der Waals surface area contributed by atoms with Crippen molar-refractivity contribution < 1.29 is 14.3 Å². The maximum atomic E-state index is 11.4. The second kappa shape index (κ2) is 7.09. The number of carbonyl (C=O) groups is 1. The number of benzene rings is 2. The van der Waals surface area contributed by atoms with Crippen LogP contribution in [0.4, 0.5) is 0 Å². The van der Waals surface area contributed by atoms with Gasteiger partial charge in [0.15, 0.2) is 0 Å². The van der Waals surface area contributed by atoms with Crippen LogP contribution in [0.2, 0.25) is 0 Å². The molecule has 4 heteroatoms. The van der Waals surface area contributed by atoms with Crippen molar-refractivity contribution in [3.05, 3.63) is 71.8 Å². The Morgan fingerprint density at radius 3 is 2.39 bits per heavy atom. The molecule has 118 valence electrons. The van der Waals surface area contributed by atoms with E-state index >= 15 is 0 Å². The number of esters is 1. The van der Waals surface area contributed by atoms with Crippen molar-refractivity contribution in [3.63, 3.8) is 0 Å². The summed E-state index contributed by atoms with van der Waals surface area (Å²) in [5, 5.41) is 0. The van der Waals surface area contributed by atoms with Crippen molar-refractivity contribution in [3.8, 4) is 0 Å². The van der Waals surface area contributed by atoms with Crippen LogP contribution in [0.1, 0.15) is 30.0 Å². The Balaban J connectivity index is 1.83. The number of ether oxygens (including phenoxy) is 2. The molecule has 0 bridgehead atoms. The highest BCUT2D eigenvalue weighted by atomic mass is 16.5. The summed E-state index contributed by atoms with van der Waals surface area (Å²) in [6, 6.07) is 19.8. The molecule has 0 N–H and O–H groups in total. The second-order valence-electron chi connectivity index (χ2n) is 5.43. The molecule has 0 spiro atoms. The van der Waals surface area contributed by atoms with E-state index in [1.54, 1.807) is 0 Å². The van der Waals surface area contributed by atoms with Gasteiger partial charge in [0.05, 0.1) is 7.11 Å². The van der Waals surface area contributed by atoms with Gasteiger partial charge in [-0.05, 0) is 24.1 Å². The third kappa shape index (κ3) is 3.59. The highest BCUT2D eigenvalue weighted by molar-refractivity contribution is 5.95. The van der Waals surface area contributed by atoms with Crippen LogP contribution in [0.15, 0.2) is 65.7 Å². The van der Waals surface area contributed by atoms with Crippen LogP contribution in [0, 0.1) is 0 Å². The molecule has 0 amide bonds. The maximum absolute atomic E-state index is 11.4. The Hall–Kier alpha value is -2.62. The Kier molecular flexibility index (Phi) is 4.71. The lowest BCUT2D eigenvalue weighted by molar-refractivity contribution is -0.141. The predicted molar refractivity (Wildman–Crippen MR) is 88.3 cm³/mol. The zero-order chi connectivity index (χ0) is 16.1. The summed E-state index contributed by atoms with van der Waals surface area (Å²) in [6.07, 6.45) is 0.737. The minimum Gasteiger partial charge on any atom is -0.471 e. The van der Waals surface area contributed by atoms with Crippen LogP contribution in [-0.4, -0.2) is 25.1 Å². The standard InChI is InChI=1S/C19H19NO3/c1-22-17(21)13-12-16-18(14-8-4-2-5-9-14)20-19(23-16)15-10-6-3-7-11-15/h2-11,16,18H,12-13H2,1H3/t16-,18-/m0/s1. The number of nitrogens with zero attached hydrogens (tertiary/aromatic N) is 1. The highest BCUT2D eigenvalue weighted by Crippen LogP contribution is 2.33. The van der Waals surface area contributed by atoms with Crippen molar-refractivity contribution >= 4 is 11.9 Å². The average Bonchev–Trinajstić information content (AvgIpc) is 3.05. The number of carbonyl (C=O) groups excluding carboxylic acids is 1. The third-order valence-corrected chi connectivity index (χ3v) is 3.89. The van der Waals surface area contributed by atoms with Gasteiger partial charge in [-0.1, -0.05) is 48.5 Å². The van der Waals surface area contributed by atoms with Crippen molar-refractivity contribution in [2.75, 3.05) is 7.11 Å². The van der Waals surface area contributed by atoms with Crippen LogP contribution in [0.3, 0.4) is 0 Å². The Bertz CT molecular complexity index is 682. The molecular weight excluding hydrogens is 290 g/mol. The molecule has 0 radical (unpaired) electrons. The molecule has 0 saturated carbocycles. The lowest BCUT2D eigenvalue weighted by atomic mass is 9.99. The minimum atomic E-state index is -0.228. The van der Waals surface area contributed by atoms with Crippen molar-refractivity contribution in [2.24, 2.45) is 4.99 Å². The zero-order valence-electron chi connectivity index (χ0n) is 13.0. The SMILES string of the molecule is COC(=O)CC[C@@H]1OC(c2ccccc2)=N[C@H]1c1ccccc1. The molecule has 3 rings (SSSR count). The molecule has 0 aromatic heterocycles. The van der Waals surface area contributed by atoms with Gasteiger partial charge in [-0.3, -0.25) is 4.79 Å². The van der Waals surface area contributed by atoms with Gasteiger partial charge in [0, 0.05) is 12.0 Å². The van der Waals surface area contributed by atoms with E-state index in [1.807, 2.05) is 60.7 Å². The number of rotatable bonds is 5. The van der Waals surface area contributed by atoms with Gasteiger partial charge in [0.1, 0.15) is 12.1 Å². The summed E-state index contributed by atoms with van der Waals surface area (Å²) in [5.74, 6) is 0.405. The quantitative estimate of drug-likeness (QED) is 0.794. The first-order valence-electron chi connectivity index (χ1n) is 7.69. The van der Waals surface area contributed by atoms with Crippen molar-refractivity contribution in [1.29, 1.82) is 0 Å². The lowest BCUT2D eigenvalue weighted by Gasteiger charge is -2.17. The molecule has 2 atom stereocenters. The van der Waals surface area contributed by atoms with E-state index in [2.05, 4.69) is 0 Å². The van der Waals surface area contributed by atoms with E-state index in [9.17, 15) is 4.79 Å². The van der Waals surface area contributed by atoms with E-state index in [4.69, 9.17) is 14.5 Å². The number of hydrogen-bond acceptors (Lipinski definition) is 4. The largest absolute Gasteiger partial charge is 0.471 e. The van der Waals surface area contributed by atoms with E-state index in [1.165, 1.54) is 7.11 Å². The van der Waals surface area contributed by atoms with Gasteiger partial charge in [-0.2, -0.15) is 0 Å². The number of hydrogen-bond donors (Lipinski definition) is 0. The first kappa shape index (κ1) is 15.3. The fourth-order valence-electron chi connectivity index (χ4n) is 2.69. The summed E-state index contributed by atoms with van der Waals surface area (Å²) in [4.78, 5) is 16.2. The van der Waals surface area contributed by atoms with E-state index in [0.717, 1.165) is 11.1 Å². The summed E-state index contributed by atoms with van der Waals surface area (Å²) in [5.41, 5.74) is 2.04. The van der Waals surface area contributed by atoms with Crippen LogP contribution in [-0.2, 0) is 14.3 Å². The predicted octanol–water partition coefficient (Wildman–Crippen LogP) is 3.53. The molecule has 1 heterocycles. The van der Waals surface area contributed by atoms with Crippen LogP contribution in [0.5, 0.6) is 0 Å². The Labute approximate surface area is 135 Å². The van der Waals surface area contributed by atoms with E-state index < -0.39 is 0 Å². The molecule has 0 aliphatic carbocycles. The monoisotopic (exact) mass is 309 g/mol. The average molecular weight is 309 g/mol. The zero-order valence-corrected chi connectivity index (χ0v) is 13.0. The van der Waals surface area contributed by atoms with E-state index in [0.29, 0.717) is 18.7 Å². The van der Waals surface area contributed by atoms with Gasteiger partial charge >= 0.3 is 5.97 Å². The fraction of sp³-hybridized carbons (Fsp3) is 0.263. The van der Waals surface area contributed by atoms with Gasteiger partial charge < -0.3 is 9.47 Å². The molecule has 1 aliphatic heterocycles. The van der Waals surface area contributed by atoms with Crippen molar-refractivity contribution in [1.82, 2.24) is 0 Å². The molecule has 0 saturated heterocycles. The number of aliphatic imine (C=N–C) groups is 1. The van der Waals surface area contributed by atoms with Gasteiger partial charge in [0.2, 0.25) is 5.90 Å². The summed E-state index contributed by atoms with van der Waals surface area (Å²) >= 11 is 0. The van der Waals surface area contributed by atoms with Crippen LogP contribution >= 0.6 is 0 Å². The molecule has 0 fully saturated rings. The smallest absolute Gasteiger partial charge is 0.305 e. The summed E-state index contributed by atoms with van der Waals surface area (Å²) < 4.78 is 10.8. The maximum Gasteiger partial charge on any atom is 0.305 e. The summed E-state index contributed by atoms with van der Waals surface area (Å²) in [7, 11) is 1.40. The minimum absolute atomic E-state index is 0.101. The molecule has 23 heavy (non-hydrogen) atoms. The topological polar surface area (TPSA) is 47.9 Å². The highest BCUT2D eigenvalue weighted by Gasteiger charge is 2.32. The van der Waals surface area contributed by atoms with E-state index in [-0.39, 0.29) is 18.1 Å².